The normalized spacial score (nSPS) is 11.5. The van der Waals surface area contributed by atoms with E-state index in [4.69, 9.17) is 4.43 Å². The van der Waals surface area contributed by atoms with Gasteiger partial charge < -0.3 is 4.43 Å². The quantitative estimate of drug-likeness (QED) is 0.677. The molecule has 0 fully saturated rings. The van der Waals surface area contributed by atoms with E-state index in [1.165, 1.54) is 24.8 Å². The maximum absolute atomic E-state index is 5.96. The summed E-state index contributed by atoms with van der Waals surface area (Å²) in [6, 6.07) is 8.54. The van der Waals surface area contributed by atoms with Gasteiger partial charge in [-0.15, -0.1) is 0 Å². The number of hydrogen-bond donors (Lipinski definition) is 0. The van der Waals surface area contributed by atoms with E-state index >= 15 is 0 Å². The van der Waals surface area contributed by atoms with Crippen molar-refractivity contribution in [3.63, 3.8) is 0 Å². The van der Waals surface area contributed by atoms with Crippen LogP contribution in [0.1, 0.15) is 25.3 Å². The van der Waals surface area contributed by atoms with Gasteiger partial charge in [0, 0.05) is 0 Å². The summed E-state index contributed by atoms with van der Waals surface area (Å²) in [7, 11) is -1.45. The van der Waals surface area contributed by atoms with Gasteiger partial charge in [-0.1, -0.05) is 25.5 Å². The highest BCUT2D eigenvalue weighted by Crippen LogP contribution is 2.18. The average molecular weight is 222 g/mol. The summed E-state index contributed by atoms with van der Waals surface area (Å²) in [6.07, 6.45) is 3.68. The van der Waals surface area contributed by atoms with Crippen LogP contribution >= 0.6 is 0 Å². The molecule has 1 aromatic rings. The van der Waals surface area contributed by atoms with Crippen LogP contribution in [0.4, 0.5) is 0 Å². The number of benzene rings is 1. The van der Waals surface area contributed by atoms with E-state index in [0.29, 0.717) is 0 Å². The summed E-state index contributed by atoms with van der Waals surface area (Å²) >= 11 is 0. The van der Waals surface area contributed by atoms with Crippen molar-refractivity contribution in [2.75, 3.05) is 0 Å². The topological polar surface area (TPSA) is 9.23 Å². The Labute approximate surface area is 94.6 Å². The zero-order valence-corrected chi connectivity index (χ0v) is 11.3. The minimum Gasteiger partial charge on any atom is -0.544 e. The van der Waals surface area contributed by atoms with Crippen LogP contribution in [0, 0.1) is 0 Å². The molecule has 1 rings (SSSR count). The Morgan fingerprint density at radius 3 is 2.53 bits per heavy atom. The molecule has 0 aliphatic heterocycles. The lowest BCUT2D eigenvalue weighted by Gasteiger charge is -2.19. The molecule has 0 unspecified atom stereocenters. The molecule has 0 amide bonds. The van der Waals surface area contributed by atoms with Crippen molar-refractivity contribution in [3.8, 4) is 5.75 Å². The van der Waals surface area contributed by atoms with Crippen molar-refractivity contribution in [2.24, 2.45) is 0 Å². The van der Waals surface area contributed by atoms with Crippen LogP contribution in [-0.2, 0) is 6.42 Å². The Balaban J connectivity index is 2.66. The SMILES string of the molecule is CCCCc1cccc(O[Si](C)(C)C)c1. The zero-order chi connectivity index (χ0) is 11.3. The van der Waals surface area contributed by atoms with E-state index in [0.717, 1.165) is 5.75 Å². The van der Waals surface area contributed by atoms with Gasteiger partial charge in [0.2, 0.25) is 8.32 Å². The molecule has 0 spiro atoms. The van der Waals surface area contributed by atoms with Gasteiger partial charge in [0.15, 0.2) is 0 Å². The van der Waals surface area contributed by atoms with E-state index in [9.17, 15) is 0 Å². The number of rotatable bonds is 5. The molecule has 0 aliphatic carbocycles. The van der Waals surface area contributed by atoms with Gasteiger partial charge in [-0.2, -0.15) is 0 Å². The van der Waals surface area contributed by atoms with E-state index < -0.39 is 8.32 Å². The Hall–Kier alpha value is -0.763. The molecule has 1 nitrogen and oxygen atoms in total. The van der Waals surface area contributed by atoms with Gasteiger partial charge in [0.25, 0.3) is 0 Å². The van der Waals surface area contributed by atoms with Gasteiger partial charge in [-0.3, -0.25) is 0 Å². The molecular weight excluding hydrogens is 200 g/mol. The van der Waals surface area contributed by atoms with Crippen LogP contribution in [0.5, 0.6) is 5.75 Å². The van der Waals surface area contributed by atoms with Crippen LogP contribution in [-0.4, -0.2) is 8.32 Å². The number of unbranched alkanes of at least 4 members (excludes halogenated alkanes) is 1. The highest BCUT2D eigenvalue weighted by atomic mass is 28.4. The van der Waals surface area contributed by atoms with Crippen molar-refractivity contribution in [2.45, 2.75) is 45.8 Å². The van der Waals surface area contributed by atoms with E-state index in [1.54, 1.807) is 0 Å². The first kappa shape index (κ1) is 12.3. The Morgan fingerprint density at radius 1 is 1.20 bits per heavy atom. The molecule has 0 aliphatic rings. The summed E-state index contributed by atoms with van der Waals surface area (Å²) in [5.41, 5.74) is 1.40. The maximum Gasteiger partial charge on any atom is 0.242 e. The first-order valence-corrected chi connectivity index (χ1v) is 9.20. The first-order chi connectivity index (χ1) is 7.01. The minimum atomic E-state index is -1.45. The lowest BCUT2D eigenvalue weighted by atomic mass is 10.1. The minimum absolute atomic E-state index is 1.04. The van der Waals surface area contributed by atoms with Crippen molar-refractivity contribution in [1.29, 1.82) is 0 Å². The predicted octanol–water partition coefficient (Wildman–Crippen LogP) is 4.24. The summed E-state index contributed by atoms with van der Waals surface area (Å²) < 4.78 is 5.96. The average Bonchev–Trinajstić information content (AvgIpc) is 2.12. The second kappa shape index (κ2) is 5.36. The summed E-state index contributed by atoms with van der Waals surface area (Å²) in [6.45, 7) is 8.87. The smallest absolute Gasteiger partial charge is 0.242 e. The number of hydrogen-bond acceptors (Lipinski definition) is 1. The third-order valence-corrected chi connectivity index (χ3v) is 2.99. The molecule has 15 heavy (non-hydrogen) atoms. The molecule has 1 aromatic carbocycles. The molecule has 0 N–H and O–H groups in total. The summed E-state index contributed by atoms with van der Waals surface area (Å²) in [4.78, 5) is 0. The second-order valence-electron chi connectivity index (χ2n) is 4.97. The van der Waals surface area contributed by atoms with Crippen LogP contribution in [0.3, 0.4) is 0 Å². The predicted molar refractivity (Wildman–Crippen MR) is 69.0 cm³/mol. The van der Waals surface area contributed by atoms with Crippen molar-refractivity contribution in [3.05, 3.63) is 29.8 Å². The highest BCUT2D eigenvalue weighted by molar-refractivity contribution is 6.70. The third kappa shape index (κ3) is 5.03. The van der Waals surface area contributed by atoms with Crippen molar-refractivity contribution < 1.29 is 4.43 Å². The molecular formula is C13H22OSi. The van der Waals surface area contributed by atoms with E-state index in [1.807, 2.05) is 0 Å². The van der Waals surface area contributed by atoms with Crippen LogP contribution in [0.15, 0.2) is 24.3 Å². The lowest BCUT2D eigenvalue weighted by molar-refractivity contribution is 0.556. The van der Waals surface area contributed by atoms with E-state index in [2.05, 4.69) is 50.8 Å². The Morgan fingerprint density at radius 2 is 1.93 bits per heavy atom. The standard InChI is InChI=1S/C13H22OSi/c1-5-6-8-12-9-7-10-13(11-12)14-15(2,3)4/h7,9-11H,5-6,8H2,1-4H3. The molecule has 0 saturated heterocycles. The van der Waals surface area contributed by atoms with Crippen molar-refractivity contribution in [1.82, 2.24) is 0 Å². The molecule has 0 heterocycles. The molecule has 0 aromatic heterocycles. The van der Waals surface area contributed by atoms with Crippen LogP contribution < -0.4 is 4.43 Å². The third-order valence-electron chi connectivity index (χ3n) is 2.14. The largest absolute Gasteiger partial charge is 0.544 e. The fourth-order valence-corrected chi connectivity index (χ4v) is 2.33. The molecule has 0 atom stereocenters. The lowest BCUT2D eigenvalue weighted by Crippen LogP contribution is -2.29. The van der Waals surface area contributed by atoms with Gasteiger partial charge in [0.1, 0.15) is 5.75 Å². The number of aryl methyl sites for hydroxylation is 1. The van der Waals surface area contributed by atoms with Crippen molar-refractivity contribution >= 4 is 8.32 Å². The summed E-state index contributed by atoms with van der Waals surface area (Å²) in [5.74, 6) is 1.04. The highest BCUT2D eigenvalue weighted by Gasteiger charge is 2.15. The Kier molecular flexibility index (Phi) is 4.39. The van der Waals surface area contributed by atoms with Gasteiger partial charge in [-0.05, 0) is 50.2 Å². The molecule has 2 heteroatoms. The molecule has 84 valence electrons. The maximum atomic E-state index is 5.96. The van der Waals surface area contributed by atoms with Gasteiger partial charge >= 0.3 is 0 Å². The molecule has 0 radical (unpaired) electrons. The second-order valence-corrected chi connectivity index (χ2v) is 9.39. The molecule has 0 bridgehead atoms. The first-order valence-electron chi connectivity index (χ1n) is 5.79. The van der Waals surface area contributed by atoms with E-state index in [-0.39, 0.29) is 0 Å². The Bertz CT molecular complexity index is 302. The monoisotopic (exact) mass is 222 g/mol. The molecule has 0 saturated carbocycles. The fraction of sp³-hybridized carbons (Fsp3) is 0.538. The fourth-order valence-electron chi connectivity index (χ4n) is 1.50. The van der Waals surface area contributed by atoms with Gasteiger partial charge in [0.05, 0.1) is 0 Å². The summed E-state index contributed by atoms with van der Waals surface area (Å²) in [5, 5.41) is 0. The van der Waals surface area contributed by atoms with Gasteiger partial charge in [-0.25, -0.2) is 0 Å². The van der Waals surface area contributed by atoms with Crippen LogP contribution in [0.2, 0.25) is 19.6 Å². The van der Waals surface area contributed by atoms with Crippen LogP contribution in [0.25, 0.3) is 0 Å². The zero-order valence-electron chi connectivity index (χ0n) is 10.3.